The number of amides is 1. The number of carbonyl (C=O) groups excluding carboxylic acids is 1. The number of hydrogen-bond donors (Lipinski definition) is 1. The zero-order valence-electron chi connectivity index (χ0n) is 11.1. The number of primary amides is 1. The molecule has 0 saturated heterocycles. The van der Waals surface area contributed by atoms with Crippen molar-refractivity contribution in [1.82, 2.24) is 0 Å². The second-order valence-electron chi connectivity index (χ2n) is 4.22. The van der Waals surface area contributed by atoms with Crippen molar-refractivity contribution in [2.75, 3.05) is 13.2 Å². The lowest BCUT2D eigenvalue weighted by Gasteiger charge is -2.10. The minimum Gasteiger partial charge on any atom is -0.493 e. The Morgan fingerprint density at radius 2 is 1.55 bits per heavy atom. The SMILES string of the molecule is NC(=O)c1ccccc1OCCCOc1ccccc1. The molecular weight excluding hydrogens is 254 g/mol. The first-order chi connectivity index (χ1) is 9.77. The lowest BCUT2D eigenvalue weighted by Crippen LogP contribution is -2.13. The molecule has 0 spiro atoms. The van der Waals surface area contributed by atoms with Crippen LogP contribution in [0.25, 0.3) is 0 Å². The van der Waals surface area contributed by atoms with E-state index in [1.807, 2.05) is 36.4 Å². The van der Waals surface area contributed by atoms with Crippen LogP contribution in [0.15, 0.2) is 54.6 Å². The summed E-state index contributed by atoms with van der Waals surface area (Å²) < 4.78 is 11.1. The first-order valence-electron chi connectivity index (χ1n) is 6.47. The zero-order valence-corrected chi connectivity index (χ0v) is 11.1. The molecule has 104 valence electrons. The number of para-hydroxylation sites is 2. The van der Waals surface area contributed by atoms with E-state index in [0.29, 0.717) is 24.5 Å². The van der Waals surface area contributed by atoms with Gasteiger partial charge in [-0.15, -0.1) is 0 Å². The van der Waals surface area contributed by atoms with Crippen LogP contribution in [-0.4, -0.2) is 19.1 Å². The number of nitrogens with two attached hydrogens (primary N) is 1. The van der Waals surface area contributed by atoms with Crippen molar-refractivity contribution < 1.29 is 14.3 Å². The van der Waals surface area contributed by atoms with Gasteiger partial charge in [0.15, 0.2) is 0 Å². The first kappa shape index (κ1) is 13.9. The highest BCUT2D eigenvalue weighted by Crippen LogP contribution is 2.17. The maximum absolute atomic E-state index is 11.2. The Balaban J connectivity index is 1.75. The predicted octanol–water partition coefficient (Wildman–Crippen LogP) is 2.63. The fraction of sp³-hybridized carbons (Fsp3) is 0.188. The summed E-state index contributed by atoms with van der Waals surface area (Å²) in [5.41, 5.74) is 5.68. The highest BCUT2D eigenvalue weighted by atomic mass is 16.5. The van der Waals surface area contributed by atoms with E-state index in [2.05, 4.69) is 0 Å². The van der Waals surface area contributed by atoms with E-state index in [1.165, 1.54) is 0 Å². The molecular formula is C16H17NO3. The van der Waals surface area contributed by atoms with E-state index in [9.17, 15) is 4.79 Å². The number of benzene rings is 2. The molecule has 0 aliphatic heterocycles. The van der Waals surface area contributed by atoms with Crippen LogP contribution in [0.1, 0.15) is 16.8 Å². The third-order valence-electron chi connectivity index (χ3n) is 2.71. The molecule has 0 heterocycles. The zero-order chi connectivity index (χ0) is 14.2. The maximum atomic E-state index is 11.2. The molecule has 0 atom stereocenters. The highest BCUT2D eigenvalue weighted by molar-refractivity contribution is 5.95. The van der Waals surface area contributed by atoms with Gasteiger partial charge in [0, 0.05) is 6.42 Å². The molecule has 0 bridgehead atoms. The van der Waals surface area contributed by atoms with Crippen molar-refractivity contribution >= 4 is 5.91 Å². The monoisotopic (exact) mass is 271 g/mol. The van der Waals surface area contributed by atoms with Gasteiger partial charge < -0.3 is 15.2 Å². The minimum absolute atomic E-state index is 0.400. The Labute approximate surface area is 118 Å². The van der Waals surface area contributed by atoms with Crippen molar-refractivity contribution in [3.63, 3.8) is 0 Å². The van der Waals surface area contributed by atoms with Gasteiger partial charge in [-0.2, -0.15) is 0 Å². The van der Waals surface area contributed by atoms with Gasteiger partial charge in [-0.25, -0.2) is 0 Å². The van der Waals surface area contributed by atoms with Crippen molar-refractivity contribution in [1.29, 1.82) is 0 Å². The molecule has 2 rings (SSSR count). The number of carbonyl (C=O) groups is 1. The maximum Gasteiger partial charge on any atom is 0.252 e. The summed E-state index contributed by atoms with van der Waals surface area (Å²) in [7, 11) is 0. The molecule has 0 unspecified atom stereocenters. The summed E-state index contributed by atoms with van der Waals surface area (Å²) in [5, 5.41) is 0. The highest BCUT2D eigenvalue weighted by Gasteiger charge is 2.07. The largest absolute Gasteiger partial charge is 0.493 e. The molecule has 2 aromatic rings. The van der Waals surface area contributed by atoms with E-state index in [0.717, 1.165) is 12.2 Å². The molecule has 0 saturated carbocycles. The van der Waals surface area contributed by atoms with Crippen LogP contribution < -0.4 is 15.2 Å². The van der Waals surface area contributed by atoms with Crippen LogP contribution in [0.3, 0.4) is 0 Å². The molecule has 2 aromatic carbocycles. The van der Waals surface area contributed by atoms with Crippen molar-refractivity contribution in [2.45, 2.75) is 6.42 Å². The fourth-order valence-corrected chi connectivity index (χ4v) is 1.74. The van der Waals surface area contributed by atoms with Crippen LogP contribution in [0.5, 0.6) is 11.5 Å². The third kappa shape index (κ3) is 4.02. The van der Waals surface area contributed by atoms with E-state index in [1.54, 1.807) is 18.2 Å². The smallest absolute Gasteiger partial charge is 0.252 e. The summed E-state index contributed by atoms with van der Waals surface area (Å²) in [6.07, 6.45) is 0.724. The van der Waals surface area contributed by atoms with Gasteiger partial charge in [0.2, 0.25) is 0 Å². The Morgan fingerprint density at radius 1 is 0.900 bits per heavy atom. The first-order valence-corrected chi connectivity index (χ1v) is 6.47. The Bertz CT molecular complexity index is 555. The van der Waals surface area contributed by atoms with Crippen LogP contribution in [-0.2, 0) is 0 Å². The van der Waals surface area contributed by atoms with Gasteiger partial charge in [-0.3, -0.25) is 4.79 Å². The second-order valence-corrected chi connectivity index (χ2v) is 4.22. The van der Waals surface area contributed by atoms with Gasteiger partial charge in [-0.1, -0.05) is 30.3 Å². The van der Waals surface area contributed by atoms with Gasteiger partial charge in [0.05, 0.1) is 18.8 Å². The molecule has 4 nitrogen and oxygen atoms in total. The number of hydrogen-bond acceptors (Lipinski definition) is 3. The summed E-state index contributed by atoms with van der Waals surface area (Å²) in [5.74, 6) is 0.867. The third-order valence-corrected chi connectivity index (χ3v) is 2.71. The second kappa shape index (κ2) is 7.19. The molecule has 0 aromatic heterocycles. The molecule has 4 heteroatoms. The summed E-state index contributed by atoms with van der Waals surface area (Å²) in [6, 6.07) is 16.6. The normalized spacial score (nSPS) is 10.0. The fourth-order valence-electron chi connectivity index (χ4n) is 1.74. The molecule has 0 fully saturated rings. The van der Waals surface area contributed by atoms with Gasteiger partial charge >= 0.3 is 0 Å². The Hall–Kier alpha value is -2.49. The summed E-state index contributed by atoms with van der Waals surface area (Å²) in [6.45, 7) is 1.03. The van der Waals surface area contributed by atoms with Crippen LogP contribution >= 0.6 is 0 Å². The topological polar surface area (TPSA) is 61.6 Å². The van der Waals surface area contributed by atoms with Crippen LogP contribution in [0.4, 0.5) is 0 Å². The standard InChI is InChI=1S/C16H17NO3/c17-16(18)14-9-4-5-10-15(14)20-12-6-11-19-13-7-2-1-3-8-13/h1-5,7-10H,6,11-12H2,(H2,17,18). The van der Waals surface area contributed by atoms with E-state index in [-0.39, 0.29) is 0 Å². The van der Waals surface area contributed by atoms with Crippen LogP contribution in [0.2, 0.25) is 0 Å². The van der Waals surface area contributed by atoms with Gasteiger partial charge in [-0.05, 0) is 24.3 Å². The quantitative estimate of drug-likeness (QED) is 0.787. The predicted molar refractivity (Wildman–Crippen MR) is 77.0 cm³/mol. The van der Waals surface area contributed by atoms with Crippen molar-refractivity contribution in [3.8, 4) is 11.5 Å². The van der Waals surface area contributed by atoms with E-state index in [4.69, 9.17) is 15.2 Å². The lowest BCUT2D eigenvalue weighted by molar-refractivity contribution is 0.0996. The summed E-state index contributed by atoms with van der Waals surface area (Å²) in [4.78, 5) is 11.2. The number of rotatable bonds is 7. The molecule has 1 amide bonds. The van der Waals surface area contributed by atoms with E-state index < -0.39 is 5.91 Å². The average Bonchev–Trinajstić information content (AvgIpc) is 2.48. The molecule has 0 radical (unpaired) electrons. The molecule has 20 heavy (non-hydrogen) atoms. The summed E-state index contributed by atoms with van der Waals surface area (Å²) >= 11 is 0. The number of ether oxygens (including phenoxy) is 2. The van der Waals surface area contributed by atoms with Gasteiger partial charge in [0.1, 0.15) is 11.5 Å². The molecule has 2 N–H and O–H groups in total. The van der Waals surface area contributed by atoms with Crippen LogP contribution in [0, 0.1) is 0 Å². The van der Waals surface area contributed by atoms with Gasteiger partial charge in [0.25, 0.3) is 5.91 Å². The molecule has 0 aliphatic carbocycles. The van der Waals surface area contributed by atoms with Crippen molar-refractivity contribution in [2.24, 2.45) is 5.73 Å². The van der Waals surface area contributed by atoms with E-state index >= 15 is 0 Å². The average molecular weight is 271 g/mol. The Kier molecular flexibility index (Phi) is 5.00. The Morgan fingerprint density at radius 3 is 2.30 bits per heavy atom. The lowest BCUT2D eigenvalue weighted by atomic mass is 10.2. The minimum atomic E-state index is -0.485. The molecule has 0 aliphatic rings. The van der Waals surface area contributed by atoms with Crippen molar-refractivity contribution in [3.05, 3.63) is 60.2 Å².